The van der Waals surface area contributed by atoms with Gasteiger partial charge in [0.15, 0.2) is 5.13 Å². The van der Waals surface area contributed by atoms with Crippen LogP contribution < -0.4 is 10.2 Å². The monoisotopic (exact) mass is 323 g/mol. The van der Waals surface area contributed by atoms with Crippen LogP contribution in [0, 0.1) is 0 Å². The molecule has 0 saturated carbocycles. The minimum atomic E-state index is -4.23. The van der Waals surface area contributed by atoms with E-state index in [2.05, 4.69) is 24.1 Å². The maximum Gasteiger partial charge on any atom is 0.406 e. The number of nitrogens with one attached hydrogen (secondary N) is 1. The summed E-state index contributed by atoms with van der Waals surface area (Å²) < 4.78 is 38.3. The van der Waals surface area contributed by atoms with E-state index in [9.17, 15) is 13.2 Å². The van der Waals surface area contributed by atoms with Crippen LogP contribution in [0.5, 0.6) is 0 Å². The van der Waals surface area contributed by atoms with Crippen molar-refractivity contribution in [1.82, 2.24) is 10.3 Å². The Balaban J connectivity index is 3.14. The topological polar surface area (TPSA) is 28.2 Å². The number of rotatable bonds is 7. The summed E-state index contributed by atoms with van der Waals surface area (Å²) in [7, 11) is 1.83. The molecule has 7 heteroatoms. The van der Waals surface area contributed by atoms with Crippen molar-refractivity contribution in [2.45, 2.75) is 58.8 Å². The van der Waals surface area contributed by atoms with Crippen molar-refractivity contribution in [2.75, 3.05) is 18.5 Å². The molecule has 0 saturated heterocycles. The van der Waals surface area contributed by atoms with E-state index < -0.39 is 12.7 Å². The Kier molecular flexibility index (Phi) is 6.46. The van der Waals surface area contributed by atoms with E-state index in [4.69, 9.17) is 0 Å². The summed E-state index contributed by atoms with van der Waals surface area (Å²) in [6, 6.07) is -0.245. The van der Waals surface area contributed by atoms with Crippen molar-refractivity contribution in [2.24, 2.45) is 0 Å². The molecule has 122 valence electrons. The first-order valence-corrected chi connectivity index (χ1v) is 7.98. The van der Waals surface area contributed by atoms with Gasteiger partial charge in [-0.1, -0.05) is 13.8 Å². The Morgan fingerprint density at radius 3 is 2.33 bits per heavy atom. The maximum atomic E-state index is 12.8. The fourth-order valence-corrected chi connectivity index (χ4v) is 3.33. The first kappa shape index (κ1) is 18.2. The molecular formula is C14H24F3N3S. The molecule has 0 bridgehead atoms. The number of thiazole rings is 1. The number of alkyl halides is 3. The van der Waals surface area contributed by atoms with E-state index in [1.807, 2.05) is 7.05 Å². The molecule has 0 aliphatic heterocycles. The van der Waals surface area contributed by atoms with Gasteiger partial charge in [-0.15, -0.1) is 11.3 Å². The second kappa shape index (κ2) is 7.45. The highest BCUT2D eigenvalue weighted by Crippen LogP contribution is 2.34. The van der Waals surface area contributed by atoms with Crippen LogP contribution in [0.25, 0.3) is 0 Å². The van der Waals surface area contributed by atoms with Crippen LogP contribution in [0.4, 0.5) is 18.3 Å². The van der Waals surface area contributed by atoms with Gasteiger partial charge in [-0.2, -0.15) is 13.2 Å². The fourth-order valence-electron chi connectivity index (χ4n) is 2.00. The van der Waals surface area contributed by atoms with Crippen LogP contribution in [-0.4, -0.2) is 30.8 Å². The van der Waals surface area contributed by atoms with Gasteiger partial charge in [0, 0.05) is 17.5 Å². The van der Waals surface area contributed by atoms with E-state index in [0.717, 1.165) is 17.0 Å². The molecule has 0 aliphatic rings. The predicted molar refractivity (Wildman–Crippen MR) is 82.1 cm³/mol. The van der Waals surface area contributed by atoms with Crippen LogP contribution in [-0.2, 0) is 6.54 Å². The molecule has 1 rings (SSSR count). The van der Waals surface area contributed by atoms with Gasteiger partial charge in [0.25, 0.3) is 0 Å². The lowest BCUT2D eigenvalue weighted by Gasteiger charge is -2.27. The van der Waals surface area contributed by atoms with E-state index in [0.29, 0.717) is 11.7 Å². The molecule has 0 amide bonds. The number of anilines is 1. The van der Waals surface area contributed by atoms with Crippen LogP contribution in [0.15, 0.2) is 0 Å². The third-order valence-corrected chi connectivity index (χ3v) is 4.46. The number of hydrogen-bond donors (Lipinski definition) is 1. The first-order valence-electron chi connectivity index (χ1n) is 7.17. The summed E-state index contributed by atoms with van der Waals surface area (Å²) in [4.78, 5) is 6.86. The minimum Gasteiger partial charge on any atom is -0.337 e. The van der Waals surface area contributed by atoms with Gasteiger partial charge >= 0.3 is 6.18 Å². The molecule has 1 atom stereocenters. The van der Waals surface area contributed by atoms with E-state index in [-0.39, 0.29) is 12.0 Å². The molecule has 0 fully saturated rings. The molecule has 0 aromatic carbocycles. The second-order valence-corrected chi connectivity index (χ2v) is 6.54. The highest BCUT2D eigenvalue weighted by molar-refractivity contribution is 7.15. The van der Waals surface area contributed by atoms with Crippen molar-refractivity contribution >= 4 is 16.5 Å². The lowest BCUT2D eigenvalue weighted by Crippen LogP contribution is -2.39. The number of halogens is 3. The molecule has 0 aliphatic carbocycles. The molecular weight excluding hydrogens is 299 g/mol. The fraction of sp³-hybridized carbons (Fsp3) is 0.786. The van der Waals surface area contributed by atoms with Gasteiger partial charge in [0.2, 0.25) is 0 Å². The summed E-state index contributed by atoms with van der Waals surface area (Å²) in [6.45, 7) is 7.30. The van der Waals surface area contributed by atoms with Gasteiger partial charge in [-0.05, 0) is 33.2 Å². The first-order chi connectivity index (χ1) is 9.69. The zero-order chi connectivity index (χ0) is 16.2. The van der Waals surface area contributed by atoms with Crippen LogP contribution in [0.3, 0.4) is 0 Å². The van der Waals surface area contributed by atoms with E-state index >= 15 is 0 Å². The number of nitrogens with zero attached hydrogens (tertiary/aromatic N) is 2. The van der Waals surface area contributed by atoms with Gasteiger partial charge in [0.1, 0.15) is 6.54 Å². The summed E-state index contributed by atoms with van der Waals surface area (Å²) in [5, 5.41) is 3.52. The molecule has 21 heavy (non-hydrogen) atoms. The molecule has 0 radical (unpaired) electrons. The van der Waals surface area contributed by atoms with Gasteiger partial charge in [-0.25, -0.2) is 4.98 Å². The average Bonchev–Trinajstić information content (AvgIpc) is 2.78. The van der Waals surface area contributed by atoms with Crippen LogP contribution in [0.1, 0.15) is 50.6 Å². The summed E-state index contributed by atoms with van der Waals surface area (Å²) in [6.07, 6.45) is -3.31. The van der Waals surface area contributed by atoms with Gasteiger partial charge < -0.3 is 10.2 Å². The average molecular weight is 323 g/mol. The smallest absolute Gasteiger partial charge is 0.337 e. The second-order valence-electron chi connectivity index (χ2n) is 5.48. The molecule has 1 aromatic rings. The molecule has 1 aromatic heterocycles. The van der Waals surface area contributed by atoms with Crippen LogP contribution >= 0.6 is 11.3 Å². The largest absolute Gasteiger partial charge is 0.406 e. The Labute approximate surface area is 128 Å². The Hall–Kier alpha value is -0.820. The van der Waals surface area contributed by atoms with Crippen molar-refractivity contribution in [3.8, 4) is 0 Å². The van der Waals surface area contributed by atoms with E-state index in [1.54, 1.807) is 13.8 Å². The third-order valence-electron chi connectivity index (χ3n) is 3.35. The third kappa shape index (κ3) is 5.14. The predicted octanol–water partition coefficient (Wildman–Crippen LogP) is 4.15. The zero-order valence-electron chi connectivity index (χ0n) is 13.2. The minimum absolute atomic E-state index is 0.245. The summed E-state index contributed by atoms with van der Waals surface area (Å²) >= 11 is 1.36. The zero-order valence-corrected chi connectivity index (χ0v) is 14.0. The molecule has 1 unspecified atom stereocenters. The van der Waals surface area contributed by atoms with Gasteiger partial charge in [0.05, 0.1) is 5.69 Å². The summed E-state index contributed by atoms with van der Waals surface area (Å²) in [5.41, 5.74) is 0.916. The summed E-state index contributed by atoms with van der Waals surface area (Å²) in [5.74, 6) is 0.248. The number of hydrogen-bond acceptors (Lipinski definition) is 4. The lowest BCUT2D eigenvalue weighted by molar-refractivity contribution is -0.120. The quantitative estimate of drug-likeness (QED) is 0.817. The highest BCUT2D eigenvalue weighted by Gasteiger charge is 2.33. The van der Waals surface area contributed by atoms with Crippen molar-refractivity contribution in [3.63, 3.8) is 0 Å². The lowest BCUT2D eigenvalue weighted by atomic mass is 10.0. The van der Waals surface area contributed by atoms with Crippen molar-refractivity contribution < 1.29 is 13.2 Å². The maximum absolute atomic E-state index is 12.8. The van der Waals surface area contributed by atoms with Crippen molar-refractivity contribution in [1.29, 1.82) is 0 Å². The normalized spacial score (nSPS) is 13.8. The SMILES string of the molecule is CCC(C)c1nc(N(CC(F)(F)F)C(C)C)sc1CNC. The number of aromatic nitrogens is 1. The molecule has 1 N–H and O–H groups in total. The Bertz CT molecular complexity index is 443. The van der Waals surface area contributed by atoms with Crippen molar-refractivity contribution in [3.05, 3.63) is 10.6 Å². The standard InChI is InChI=1S/C14H24F3N3S/c1-6-10(4)12-11(7-18-5)21-13(19-12)20(9(2)3)8-14(15,16)17/h9-10,18H,6-8H2,1-5H3. The van der Waals surface area contributed by atoms with Gasteiger partial charge in [-0.3, -0.25) is 0 Å². The Morgan fingerprint density at radius 1 is 1.29 bits per heavy atom. The molecule has 1 heterocycles. The molecule has 3 nitrogen and oxygen atoms in total. The highest BCUT2D eigenvalue weighted by atomic mass is 32.1. The van der Waals surface area contributed by atoms with E-state index in [1.165, 1.54) is 16.2 Å². The Morgan fingerprint density at radius 2 is 1.90 bits per heavy atom. The van der Waals surface area contributed by atoms with Crippen LogP contribution in [0.2, 0.25) is 0 Å². The molecule has 0 spiro atoms.